The van der Waals surface area contributed by atoms with Crippen LogP contribution in [-0.4, -0.2) is 53.7 Å². The standard InChI is InChI=1S/C21H20N2O4S/c1-27-13-21(20(25)26)8-9-23(12-21)19(24)15-11-17(18-7-4-10-28-18)22-16-6-3-2-5-14(15)16/h2-7,10-11H,8-9,12-13H2,1H3,(H,25,26). The smallest absolute Gasteiger partial charge is 0.313 e. The first-order valence-electron chi connectivity index (χ1n) is 8.99. The molecule has 4 rings (SSSR count). The van der Waals surface area contributed by atoms with E-state index < -0.39 is 11.4 Å². The van der Waals surface area contributed by atoms with Crippen LogP contribution in [0.4, 0.5) is 0 Å². The largest absolute Gasteiger partial charge is 0.481 e. The Balaban J connectivity index is 1.74. The molecule has 2 aromatic heterocycles. The van der Waals surface area contributed by atoms with Crippen LogP contribution in [0.25, 0.3) is 21.5 Å². The topological polar surface area (TPSA) is 79.7 Å². The van der Waals surface area contributed by atoms with Crippen LogP contribution in [0.15, 0.2) is 47.8 Å². The Labute approximate surface area is 166 Å². The Hall–Kier alpha value is -2.77. The molecule has 1 saturated heterocycles. The highest BCUT2D eigenvalue weighted by molar-refractivity contribution is 7.13. The van der Waals surface area contributed by atoms with Gasteiger partial charge in [-0.1, -0.05) is 24.3 Å². The van der Waals surface area contributed by atoms with Gasteiger partial charge >= 0.3 is 5.97 Å². The van der Waals surface area contributed by atoms with Crippen molar-refractivity contribution in [3.05, 3.63) is 53.4 Å². The number of fused-ring (bicyclic) bond motifs is 1. The maximum atomic E-state index is 13.4. The van der Waals surface area contributed by atoms with Crippen LogP contribution in [-0.2, 0) is 9.53 Å². The molecule has 144 valence electrons. The van der Waals surface area contributed by atoms with Crippen molar-refractivity contribution < 1.29 is 19.4 Å². The van der Waals surface area contributed by atoms with Crippen LogP contribution in [0.1, 0.15) is 16.8 Å². The maximum Gasteiger partial charge on any atom is 0.313 e. The summed E-state index contributed by atoms with van der Waals surface area (Å²) in [6, 6.07) is 13.3. The Morgan fingerprint density at radius 1 is 1.29 bits per heavy atom. The Morgan fingerprint density at radius 3 is 2.82 bits per heavy atom. The highest BCUT2D eigenvalue weighted by Crippen LogP contribution is 2.34. The Kier molecular flexibility index (Phi) is 4.87. The molecule has 6 nitrogen and oxygen atoms in total. The van der Waals surface area contributed by atoms with E-state index in [1.807, 2.05) is 47.8 Å². The molecular weight excluding hydrogens is 376 g/mol. The quantitative estimate of drug-likeness (QED) is 0.714. The summed E-state index contributed by atoms with van der Waals surface area (Å²) in [5.74, 6) is -1.10. The molecule has 1 atom stereocenters. The van der Waals surface area contributed by atoms with Crippen molar-refractivity contribution >= 4 is 34.1 Å². The summed E-state index contributed by atoms with van der Waals surface area (Å²) in [5.41, 5.74) is 0.992. The third kappa shape index (κ3) is 3.16. The number of aliphatic carboxylic acids is 1. The number of para-hydroxylation sites is 1. The lowest BCUT2D eigenvalue weighted by Crippen LogP contribution is -2.40. The van der Waals surface area contributed by atoms with Crippen LogP contribution in [0.3, 0.4) is 0 Å². The number of aromatic nitrogens is 1. The van der Waals surface area contributed by atoms with Gasteiger partial charge in [-0.25, -0.2) is 4.98 Å². The minimum absolute atomic E-state index is 0.0870. The van der Waals surface area contributed by atoms with Gasteiger partial charge in [0.05, 0.1) is 28.3 Å². The fourth-order valence-corrected chi connectivity index (χ4v) is 4.44. The first kappa shape index (κ1) is 18.6. The number of rotatable bonds is 5. The average Bonchev–Trinajstić information content (AvgIpc) is 3.38. The van der Waals surface area contributed by atoms with Crippen LogP contribution >= 0.6 is 11.3 Å². The zero-order valence-corrected chi connectivity index (χ0v) is 16.2. The monoisotopic (exact) mass is 396 g/mol. The predicted molar refractivity (Wildman–Crippen MR) is 108 cm³/mol. The van der Waals surface area contributed by atoms with Crippen LogP contribution in [0.5, 0.6) is 0 Å². The number of benzene rings is 1. The first-order valence-corrected chi connectivity index (χ1v) is 9.87. The second-order valence-corrected chi connectivity index (χ2v) is 7.99. The number of carboxylic acids is 1. The lowest BCUT2D eigenvalue weighted by molar-refractivity contribution is -0.151. The van der Waals surface area contributed by atoms with E-state index >= 15 is 0 Å². The number of hydrogen-bond donors (Lipinski definition) is 1. The molecule has 0 spiro atoms. The second kappa shape index (κ2) is 7.33. The predicted octanol–water partition coefficient (Wildman–Crippen LogP) is 3.53. The molecule has 0 radical (unpaired) electrons. The maximum absolute atomic E-state index is 13.4. The molecule has 1 unspecified atom stereocenters. The molecule has 1 aliphatic heterocycles. The van der Waals surface area contributed by atoms with E-state index in [1.165, 1.54) is 7.11 Å². The summed E-state index contributed by atoms with van der Waals surface area (Å²) in [7, 11) is 1.48. The molecule has 0 bridgehead atoms. The third-order valence-electron chi connectivity index (χ3n) is 5.24. The number of carbonyl (C=O) groups excluding carboxylic acids is 1. The first-order chi connectivity index (χ1) is 13.5. The van der Waals surface area contributed by atoms with Crippen molar-refractivity contribution in [1.82, 2.24) is 9.88 Å². The number of amides is 1. The summed E-state index contributed by atoms with van der Waals surface area (Å²) < 4.78 is 5.14. The van der Waals surface area contributed by atoms with E-state index in [-0.39, 0.29) is 19.1 Å². The summed E-state index contributed by atoms with van der Waals surface area (Å²) >= 11 is 1.57. The van der Waals surface area contributed by atoms with E-state index in [0.717, 1.165) is 21.5 Å². The van der Waals surface area contributed by atoms with Gasteiger partial charge in [-0.15, -0.1) is 11.3 Å². The van der Waals surface area contributed by atoms with Crippen molar-refractivity contribution in [3.63, 3.8) is 0 Å². The highest BCUT2D eigenvalue weighted by Gasteiger charge is 2.46. The molecular formula is C21H20N2O4S. The second-order valence-electron chi connectivity index (χ2n) is 7.04. The Morgan fingerprint density at radius 2 is 2.11 bits per heavy atom. The number of hydrogen-bond acceptors (Lipinski definition) is 5. The molecule has 3 aromatic rings. The number of methoxy groups -OCH3 is 1. The highest BCUT2D eigenvalue weighted by atomic mass is 32.1. The van der Waals surface area contributed by atoms with Gasteiger partial charge in [0.2, 0.25) is 0 Å². The number of pyridine rings is 1. The molecule has 1 amide bonds. The molecule has 0 aliphatic carbocycles. The van der Waals surface area contributed by atoms with Crippen molar-refractivity contribution in [1.29, 1.82) is 0 Å². The number of ether oxygens (including phenoxy) is 1. The molecule has 1 aromatic carbocycles. The van der Waals surface area contributed by atoms with Crippen molar-refractivity contribution in [2.45, 2.75) is 6.42 Å². The van der Waals surface area contributed by atoms with E-state index in [4.69, 9.17) is 9.72 Å². The molecule has 1 N–H and O–H groups in total. The van der Waals surface area contributed by atoms with Gasteiger partial charge < -0.3 is 14.7 Å². The fraction of sp³-hybridized carbons (Fsp3) is 0.286. The fourth-order valence-electron chi connectivity index (χ4n) is 3.75. The lowest BCUT2D eigenvalue weighted by atomic mass is 9.88. The van der Waals surface area contributed by atoms with Gasteiger partial charge in [-0.05, 0) is 30.0 Å². The van der Waals surface area contributed by atoms with Gasteiger partial charge in [0.1, 0.15) is 5.41 Å². The molecule has 1 fully saturated rings. The molecule has 3 heterocycles. The number of nitrogens with zero attached hydrogens (tertiary/aromatic N) is 2. The van der Waals surface area contributed by atoms with E-state index in [2.05, 4.69) is 0 Å². The molecule has 28 heavy (non-hydrogen) atoms. The minimum atomic E-state index is -1.05. The van der Waals surface area contributed by atoms with Crippen molar-refractivity contribution in [2.75, 3.05) is 26.8 Å². The van der Waals surface area contributed by atoms with Gasteiger partial charge in [0.15, 0.2) is 0 Å². The van der Waals surface area contributed by atoms with Crippen molar-refractivity contribution in [3.8, 4) is 10.6 Å². The summed E-state index contributed by atoms with van der Waals surface area (Å²) in [4.78, 5) is 32.5. The average molecular weight is 396 g/mol. The van der Waals surface area contributed by atoms with Crippen LogP contribution in [0, 0.1) is 5.41 Å². The van der Waals surface area contributed by atoms with Gasteiger partial charge in [-0.3, -0.25) is 9.59 Å². The van der Waals surface area contributed by atoms with E-state index in [1.54, 1.807) is 16.2 Å². The van der Waals surface area contributed by atoms with E-state index in [0.29, 0.717) is 18.5 Å². The van der Waals surface area contributed by atoms with Gasteiger partial charge in [0.25, 0.3) is 5.91 Å². The zero-order valence-electron chi connectivity index (χ0n) is 15.4. The molecule has 1 aliphatic rings. The van der Waals surface area contributed by atoms with Gasteiger partial charge in [-0.2, -0.15) is 0 Å². The van der Waals surface area contributed by atoms with Crippen LogP contribution < -0.4 is 0 Å². The number of thiophene rings is 1. The van der Waals surface area contributed by atoms with Gasteiger partial charge in [0, 0.05) is 25.6 Å². The summed E-state index contributed by atoms with van der Waals surface area (Å²) in [6.07, 6.45) is 0.378. The minimum Gasteiger partial charge on any atom is -0.481 e. The number of likely N-dealkylation sites (tertiary alicyclic amines) is 1. The normalized spacial score (nSPS) is 19.2. The Bertz CT molecular complexity index is 1030. The number of carbonyl (C=O) groups is 2. The molecule has 0 saturated carbocycles. The summed E-state index contributed by atoms with van der Waals surface area (Å²) in [6.45, 7) is 0.614. The summed E-state index contributed by atoms with van der Waals surface area (Å²) in [5, 5.41) is 12.4. The van der Waals surface area contributed by atoms with Crippen molar-refractivity contribution in [2.24, 2.45) is 5.41 Å². The zero-order chi connectivity index (χ0) is 19.7. The lowest BCUT2D eigenvalue weighted by Gasteiger charge is -2.24. The third-order valence-corrected chi connectivity index (χ3v) is 6.13. The van der Waals surface area contributed by atoms with E-state index in [9.17, 15) is 14.7 Å². The molecule has 7 heteroatoms. The SMILES string of the molecule is COCC1(C(=O)O)CCN(C(=O)c2cc(-c3cccs3)nc3ccccc23)C1. The van der Waals surface area contributed by atoms with Crippen LogP contribution in [0.2, 0.25) is 0 Å². The number of carboxylic acid groups (broad SMARTS) is 1.